The summed E-state index contributed by atoms with van der Waals surface area (Å²) in [4.78, 5) is 31.4. The van der Waals surface area contributed by atoms with Crippen molar-refractivity contribution in [2.45, 2.75) is 25.1 Å². The molecule has 0 aliphatic carbocycles. The number of amides is 1. The number of aromatic amines is 1. The maximum absolute atomic E-state index is 12.3. The molecule has 2 aromatic carbocycles. The summed E-state index contributed by atoms with van der Waals surface area (Å²) < 4.78 is 10.7. The first kappa shape index (κ1) is 21.4. The Morgan fingerprint density at radius 2 is 1.77 bits per heavy atom. The first-order chi connectivity index (χ1) is 14.4. The number of benzene rings is 2. The van der Waals surface area contributed by atoms with Crippen molar-refractivity contribution in [3.63, 3.8) is 0 Å². The van der Waals surface area contributed by atoms with E-state index in [0.717, 1.165) is 28.8 Å². The van der Waals surface area contributed by atoms with Crippen LogP contribution in [0.25, 0.3) is 11.3 Å². The van der Waals surface area contributed by atoms with Crippen molar-refractivity contribution in [1.82, 2.24) is 9.97 Å². The fraction of sp³-hybridized carbons (Fsp3) is 0.227. The highest BCUT2D eigenvalue weighted by atomic mass is 32.2. The lowest BCUT2D eigenvalue weighted by Gasteiger charge is -2.10. The van der Waals surface area contributed by atoms with Crippen LogP contribution >= 0.6 is 11.8 Å². The number of methoxy groups -OCH3 is 1. The van der Waals surface area contributed by atoms with Crippen LogP contribution in [0, 0.1) is 0 Å². The predicted molar refractivity (Wildman–Crippen MR) is 118 cm³/mol. The van der Waals surface area contributed by atoms with Crippen LogP contribution < -0.4 is 20.3 Å². The summed E-state index contributed by atoms with van der Waals surface area (Å²) in [5, 5.41) is 3.20. The Morgan fingerprint density at radius 1 is 1.10 bits per heavy atom. The molecular weight excluding hydrogens is 402 g/mol. The predicted octanol–water partition coefficient (Wildman–Crippen LogP) is 3.96. The van der Waals surface area contributed by atoms with E-state index in [-0.39, 0.29) is 23.3 Å². The van der Waals surface area contributed by atoms with Gasteiger partial charge < -0.3 is 19.8 Å². The van der Waals surface area contributed by atoms with Crippen molar-refractivity contribution in [3.8, 4) is 22.8 Å². The molecule has 0 radical (unpaired) electrons. The van der Waals surface area contributed by atoms with E-state index in [0.29, 0.717) is 16.5 Å². The molecule has 0 saturated heterocycles. The third kappa shape index (κ3) is 6.12. The van der Waals surface area contributed by atoms with Gasteiger partial charge in [0.15, 0.2) is 5.16 Å². The van der Waals surface area contributed by atoms with Crippen molar-refractivity contribution in [2.75, 3.05) is 18.2 Å². The average Bonchev–Trinajstić information content (AvgIpc) is 2.73. The normalized spacial score (nSPS) is 10.7. The lowest BCUT2D eigenvalue weighted by molar-refractivity contribution is -0.113. The van der Waals surface area contributed by atoms with Gasteiger partial charge >= 0.3 is 0 Å². The van der Waals surface area contributed by atoms with Gasteiger partial charge in [-0.3, -0.25) is 9.59 Å². The molecule has 0 saturated carbocycles. The number of aromatic nitrogens is 2. The molecule has 0 fully saturated rings. The molecule has 8 heteroatoms. The number of hydrogen-bond donors (Lipinski definition) is 2. The summed E-state index contributed by atoms with van der Waals surface area (Å²) in [5.74, 6) is 1.38. The first-order valence-electron chi connectivity index (χ1n) is 9.38. The monoisotopic (exact) mass is 425 g/mol. The summed E-state index contributed by atoms with van der Waals surface area (Å²) in [6.45, 7) is 3.91. The van der Waals surface area contributed by atoms with Gasteiger partial charge in [-0.15, -0.1) is 0 Å². The molecule has 1 aromatic heterocycles. The molecule has 3 rings (SSSR count). The van der Waals surface area contributed by atoms with Crippen molar-refractivity contribution in [2.24, 2.45) is 0 Å². The van der Waals surface area contributed by atoms with Crippen LogP contribution in [0.4, 0.5) is 5.69 Å². The topological polar surface area (TPSA) is 93.3 Å². The van der Waals surface area contributed by atoms with Crippen LogP contribution in [0.15, 0.2) is 64.5 Å². The second-order valence-corrected chi connectivity index (χ2v) is 7.66. The Kier molecular flexibility index (Phi) is 7.13. The van der Waals surface area contributed by atoms with Crippen molar-refractivity contribution in [1.29, 1.82) is 0 Å². The van der Waals surface area contributed by atoms with E-state index in [4.69, 9.17) is 9.47 Å². The molecule has 0 unspecified atom stereocenters. The third-order valence-corrected chi connectivity index (χ3v) is 4.83. The zero-order valence-corrected chi connectivity index (χ0v) is 17.8. The SMILES string of the molecule is COc1ccc(-c2cc(=O)[nH]c(SCC(=O)Nc3ccc(OC(C)C)cc3)n2)cc1. The summed E-state index contributed by atoms with van der Waals surface area (Å²) >= 11 is 1.16. The third-order valence-electron chi connectivity index (χ3n) is 3.96. The number of thioether (sulfide) groups is 1. The molecule has 0 aliphatic rings. The van der Waals surface area contributed by atoms with Gasteiger partial charge in [0.2, 0.25) is 5.91 Å². The molecule has 1 amide bonds. The maximum atomic E-state index is 12.3. The summed E-state index contributed by atoms with van der Waals surface area (Å²) in [5.41, 5.74) is 1.71. The smallest absolute Gasteiger partial charge is 0.252 e. The lowest BCUT2D eigenvalue weighted by atomic mass is 10.1. The fourth-order valence-corrected chi connectivity index (χ4v) is 3.31. The van der Waals surface area contributed by atoms with Gasteiger partial charge in [-0.2, -0.15) is 0 Å². The van der Waals surface area contributed by atoms with E-state index < -0.39 is 0 Å². The average molecular weight is 426 g/mol. The van der Waals surface area contributed by atoms with Gasteiger partial charge in [0.1, 0.15) is 11.5 Å². The van der Waals surface area contributed by atoms with Gasteiger partial charge in [0.05, 0.1) is 24.7 Å². The highest BCUT2D eigenvalue weighted by molar-refractivity contribution is 7.99. The van der Waals surface area contributed by atoms with Gasteiger partial charge in [0, 0.05) is 17.3 Å². The maximum Gasteiger partial charge on any atom is 0.252 e. The fourth-order valence-electron chi connectivity index (χ4n) is 2.63. The Hall–Kier alpha value is -3.26. The van der Waals surface area contributed by atoms with Gasteiger partial charge in [-0.05, 0) is 62.4 Å². The second kappa shape index (κ2) is 9.98. The standard InChI is InChI=1S/C22H23N3O4S/c1-14(2)29-18-10-6-16(7-11-18)23-21(27)13-30-22-24-19(12-20(26)25-22)15-4-8-17(28-3)9-5-15/h4-12,14H,13H2,1-3H3,(H,23,27)(H,24,25,26). The van der Waals surface area contributed by atoms with E-state index >= 15 is 0 Å². The van der Waals surface area contributed by atoms with Crippen LogP contribution in [0.3, 0.4) is 0 Å². The van der Waals surface area contributed by atoms with E-state index in [2.05, 4.69) is 15.3 Å². The van der Waals surface area contributed by atoms with Crippen LogP contribution in [0.2, 0.25) is 0 Å². The Labute approximate surface area is 178 Å². The number of nitrogens with one attached hydrogen (secondary N) is 2. The number of anilines is 1. The molecule has 0 atom stereocenters. The zero-order chi connectivity index (χ0) is 21.5. The quantitative estimate of drug-likeness (QED) is 0.419. The number of H-pyrrole nitrogens is 1. The van der Waals surface area contributed by atoms with Crippen molar-refractivity contribution >= 4 is 23.4 Å². The highest BCUT2D eigenvalue weighted by Gasteiger charge is 2.09. The minimum atomic E-state index is -0.278. The van der Waals surface area contributed by atoms with E-state index in [1.807, 2.05) is 26.0 Å². The Balaban J connectivity index is 1.61. The lowest BCUT2D eigenvalue weighted by Crippen LogP contribution is -2.15. The highest BCUT2D eigenvalue weighted by Crippen LogP contribution is 2.22. The molecule has 0 spiro atoms. The number of rotatable bonds is 8. The number of hydrogen-bond acceptors (Lipinski definition) is 6. The number of ether oxygens (including phenoxy) is 2. The van der Waals surface area contributed by atoms with Gasteiger partial charge in [-0.25, -0.2) is 4.98 Å². The minimum Gasteiger partial charge on any atom is -0.497 e. The molecule has 30 heavy (non-hydrogen) atoms. The zero-order valence-electron chi connectivity index (χ0n) is 17.0. The number of nitrogens with zero attached hydrogens (tertiary/aromatic N) is 1. The van der Waals surface area contributed by atoms with E-state index in [1.165, 1.54) is 6.07 Å². The largest absolute Gasteiger partial charge is 0.497 e. The molecule has 156 valence electrons. The van der Waals surface area contributed by atoms with Crippen LogP contribution in [-0.4, -0.2) is 34.8 Å². The first-order valence-corrected chi connectivity index (χ1v) is 10.4. The van der Waals surface area contributed by atoms with Crippen LogP contribution in [-0.2, 0) is 4.79 Å². The number of carbonyl (C=O) groups is 1. The van der Waals surface area contributed by atoms with E-state index in [9.17, 15) is 9.59 Å². The summed E-state index contributed by atoms with van der Waals surface area (Å²) in [6.07, 6.45) is 0.0881. The molecule has 7 nitrogen and oxygen atoms in total. The second-order valence-electron chi connectivity index (χ2n) is 6.69. The molecule has 3 aromatic rings. The van der Waals surface area contributed by atoms with Crippen LogP contribution in [0.1, 0.15) is 13.8 Å². The minimum absolute atomic E-state index is 0.0881. The molecule has 1 heterocycles. The summed E-state index contributed by atoms with van der Waals surface area (Å²) in [6, 6.07) is 15.9. The van der Waals surface area contributed by atoms with Crippen molar-refractivity contribution < 1.29 is 14.3 Å². The Bertz CT molecular complexity index is 1050. The Morgan fingerprint density at radius 3 is 2.40 bits per heavy atom. The van der Waals surface area contributed by atoms with E-state index in [1.54, 1.807) is 43.5 Å². The molecule has 0 bridgehead atoms. The van der Waals surface area contributed by atoms with Gasteiger partial charge in [-0.1, -0.05) is 11.8 Å². The molecular formula is C22H23N3O4S. The molecule has 2 N–H and O–H groups in total. The van der Waals surface area contributed by atoms with Crippen LogP contribution in [0.5, 0.6) is 11.5 Å². The van der Waals surface area contributed by atoms with Crippen molar-refractivity contribution in [3.05, 3.63) is 65.0 Å². The van der Waals surface area contributed by atoms with Gasteiger partial charge in [0.25, 0.3) is 5.56 Å². The number of carbonyl (C=O) groups excluding carboxylic acids is 1. The molecule has 0 aliphatic heterocycles. The summed E-state index contributed by atoms with van der Waals surface area (Å²) in [7, 11) is 1.59.